The Labute approximate surface area is 147 Å². The summed E-state index contributed by atoms with van der Waals surface area (Å²) >= 11 is 6.19. The Bertz CT molecular complexity index is 787. The highest BCUT2D eigenvalue weighted by Crippen LogP contribution is 2.36. The molecule has 1 saturated heterocycles. The van der Waals surface area contributed by atoms with Gasteiger partial charge in [-0.1, -0.05) is 30.7 Å². The molecule has 2 aliphatic rings. The molecular weight excluding hydrogens is 320 g/mol. The first-order valence-electron chi connectivity index (χ1n) is 8.47. The van der Waals surface area contributed by atoms with Crippen LogP contribution in [-0.4, -0.2) is 36.4 Å². The zero-order valence-electron chi connectivity index (χ0n) is 13.7. The molecule has 0 bridgehead atoms. The molecule has 2 N–H and O–H groups in total. The van der Waals surface area contributed by atoms with E-state index in [-0.39, 0.29) is 0 Å². The largest absolute Gasteiger partial charge is 0.354 e. The van der Waals surface area contributed by atoms with Gasteiger partial charge in [-0.2, -0.15) is 0 Å². The van der Waals surface area contributed by atoms with Crippen LogP contribution in [-0.2, 0) is 0 Å². The Morgan fingerprint density at radius 1 is 1.25 bits per heavy atom. The lowest BCUT2D eigenvalue weighted by Crippen LogP contribution is -2.35. The smallest absolute Gasteiger partial charge is 0.138 e. The van der Waals surface area contributed by atoms with E-state index in [1.54, 1.807) is 0 Å². The van der Waals surface area contributed by atoms with E-state index in [4.69, 9.17) is 16.6 Å². The molecule has 0 amide bonds. The third kappa shape index (κ3) is 2.87. The van der Waals surface area contributed by atoms with Crippen LogP contribution in [0.25, 0.3) is 0 Å². The highest BCUT2D eigenvalue weighted by atomic mass is 35.5. The number of halogens is 1. The molecule has 0 aliphatic carbocycles. The Morgan fingerprint density at radius 3 is 3.00 bits per heavy atom. The average Bonchev–Trinajstić information content (AvgIpc) is 2.97. The fourth-order valence-electron chi connectivity index (χ4n) is 3.46. The summed E-state index contributed by atoms with van der Waals surface area (Å²) < 4.78 is 0. The van der Waals surface area contributed by atoms with Crippen molar-refractivity contribution in [2.45, 2.75) is 19.4 Å². The SMILES string of the molecule is CCNC1CCN(C2=Nc3cc(Cl)ccc3Nc3ccccc32)C1. The highest BCUT2D eigenvalue weighted by Gasteiger charge is 2.27. The minimum absolute atomic E-state index is 0.528. The van der Waals surface area contributed by atoms with Crippen LogP contribution in [0.4, 0.5) is 17.1 Å². The van der Waals surface area contributed by atoms with Crippen LogP contribution < -0.4 is 10.6 Å². The normalized spacial score (nSPS) is 19.2. The van der Waals surface area contributed by atoms with E-state index in [1.165, 1.54) is 0 Å². The van der Waals surface area contributed by atoms with E-state index in [0.717, 1.165) is 54.5 Å². The summed E-state index contributed by atoms with van der Waals surface area (Å²) in [6.45, 7) is 5.16. The zero-order valence-corrected chi connectivity index (χ0v) is 14.5. The first-order chi connectivity index (χ1) is 11.7. The molecule has 1 fully saturated rings. The van der Waals surface area contributed by atoms with Gasteiger partial charge in [-0.15, -0.1) is 0 Å². The number of hydrogen-bond acceptors (Lipinski definition) is 4. The monoisotopic (exact) mass is 340 g/mol. The van der Waals surface area contributed by atoms with Crippen molar-refractivity contribution in [3.8, 4) is 0 Å². The number of nitrogens with one attached hydrogen (secondary N) is 2. The van der Waals surface area contributed by atoms with E-state index in [9.17, 15) is 0 Å². The van der Waals surface area contributed by atoms with Crippen molar-refractivity contribution in [2.75, 3.05) is 25.0 Å². The van der Waals surface area contributed by atoms with Crippen LogP contribution in [0.2, 0.25) is 5.02 Å². The van der Waals surface area contributed by atoms with Crippen LogP contribution in [0.1, 0.15) is 18.9 Å². The van der Waals surface area contributed by atoms with Crippen molar-refractivity contribution < 1.29 is 0 Å². The number of hydrogen-bond donors (Lipinski definition) is 2. The third-order valence-corrected chi connectivity index (χ3v) is 4.84. The Hall–Kier alpha value is -2.04. The van der Waals surface area contributed by atoms with Crippen LogP contribution in [0.5, 0.6) is 0 Å². The minimum atomic E-state index is 0.528. The van der Waals surface area contributed by atoms with Crippen molar-refractivity contribution >= 4 is 34.5 Å². The van der Waals surface area contributed by atoms with Gasteiger partial charge in [0.1, 0.15) is 5.84 Å². The molecule has 0 saturated carbocycles. The number of likely N-dealkylation sites (tertiary alicyclic amines) is 1. The number of nitrogens with zero attached hydrogens (tertiary/aromatic N) is 2. The van der Waals surface area contributed by atoms with Crippen molar-refractivity contribution in [1.29, 1.82) is 0 Å². The maximum atomic E-state index is 6.19. The lowest BCUT2D eigenvalue weighted by atomic mass is 10.1. The number of para-hydroxylation sites is 1. The lowest BCUT2D eigenvalue weighted by Gasteiger charge is -2.22. The van der Waals surface area contributed by atoms with Crippen molar-refractivity contribution in [3.63, 3.8) is 0 Å². The molecular formula is C19H21ClN4. The average molecular weight is 341 g/mol. The van der Waals surface area contributed by atoms with Crippen LogP contribution in [0.3, 0.4) is 0 Å². The fourth-order valence-corrected chi connectivity index (χ4v) is 3.62. The molecule has 0 spiro atoms. The first kappa shape index (κ1) is 15.5. The lowest BCUT2D eigenvalue weighted by molar-refractivity contribution is 0.484. The van der Waals surface area contributed by atoms with E-state index in [0.29, 0.717) is 11.1 Å². The third-order valence-electron chi connectivity index (χ3n) is 4.60. The number of rotatable bonds is 2. The van der Waals surface area contributed by atoms with Crippen molar-refractivity contribution in [2.24, 2.45) is 4.99 Å². The molecule has 0 radical (unpaired) electrons. The second kappa shape index (κ2) is 6.46. The van der Waals surface area contributed by atoms with Gasteiger partial charge in [-0.25, -0.2) is 4.99 Å². The molecule has 0 aromatic heterocycles. The van der Waals surface area contributed by atoms with E-state index in [2.05, 4.69) is 46.7 Å². The molecule has 124 valence electrons. The van der Waals surface area contributed by atoms with Gasteiger partial charge < -0.3 is 15.5 Å². The molecule has 5 heteroatoms. The van der Waals surface area contributed by atoms with Gasteiger partial charge in [0.2, 0.25) is 0 Å². The quantitative estimate of drug-likeness (QED) is 0.862. The van der Waals surface area contributed by atoms with Gasteiger partial charge in [0.25, 0.3) is 0 Å². The number of benzene rings is 2. The summed E-state index contributed by atoms with van der Waals surface area (Å²) in [5.74, 6) is 1.03. The Kier molecular flexibility index (Phi) is 4.17. The number of amidine groups is 1. The standard InChI is InChI=1S/C19H21ClN4/c1-2-21-14-9-10-24(12-14)19-15-5-3-4-6-16(15)22-17-8-7-13(20)11-18(17)23-19/h3-8,11,14,21-22H,2,9-10,12H2,1H3. The number of fused-ring (bicyclic) bond motifs is 2. The Morgan fingerprint density at radius 2 is 2.12 bits per heavy atom. The number of likely N-dealkylation sites (N-methyl/N-ethyl adjacent to an activating group) is 1. The van der Waals surface area contributed by atoms with Crippen LogP contribution in [0.15, 0.2) is 47.5 Å². The molecule has 1 unspecified atom stereocenters. The van der Waals surface area contributed by atoms with Crippen LogP contribution >= 0.6 is 11.6 Å². The predicted molar refractivity (Wildman–Crippen MR) is 101 cm³/mol. The summed E-state index contributed by atoms with van der Waals surface area (Å²) in [4.78, 5) is 7.36. The molecule has 2 heterocycles. The van der Waals surface area contributed by atoms with Crippen LogP contribution in [0, 0.1) is 0 Å². The second-order valence-electron chi connectivity index (χ2n) is 6.26. The van der Waals surface area contributed by atoms with E-state index >= 15 is 0 Å². The maximum Gasteiger partial charge on any atom is 0.138 e. The molecule has 24 heavy (non-hydrogen) atoms. The van der Waals surface area contributed by atoms with Gasteiger partial charge in [0, 0.05) is 35.4 Å². The van der Waals surface area contributed by atoms with Crippen molar-refractivity contribution in [3.05, 3.63) is 53.1 Å². The van der Waals surface area contributed by atoms with Gasteiger partial charge in [-0.3, -0.25) is 0 Å². The molecule has 2 aromatic carbocycles. The first-order valence-corrected chi connectivity index (χ1v) is 8.85. The highest BCUT2D eigenvalue weighted by molar-refractivity contribution is 6.31. The predicted octanol–water partition coefficient (Wildman–Crippen LogP) is 4.16. The molecule has 4 rings (SSSR count). The van der Waals surface area contributed by atoms with Gasteiger partial charge in [0.05, 0.1) is 11.4 Å². The van der Waals surface area contributed by atoms with Gasteiger partial charge in [-0.05, 0) is 43.3 Å². The second-order valence-corrected chi connectivity index (χ2v) is 6.69. The molecule has 1 atom stereocenters. The summed E-state index contributed by atoms with van der Waals surface area (Å²) in [6.07, 6.45) is 1.14. The zero-order chi connectivity index (χ0) is 16.5. The fraction of sp³-hybridized carbons (Fsp3) is 0.316. The summed E-state index contributed by atoms with van der Waals surface area (Å²) in [5, 5.41) is 7.76. The molecule has 2 aromatic rings. The maximum absolute atomic E-state index is 6.19. The van der Waals surface area contributed by atoms with Gasteiger partial charge in [0.15, 0.2) is 0 Å². The van der Waals surface area contributed by atoms with E-state index in [1.807, 2.05) is 18.2 Å². The molecule has 2 aliphatic heterocycles. The summed E-state index contributed by atoms with van der Waals surface area (Å²) in [6, 6.07) is 14.7. The summed E-state index contributed by atoms with van der Waals surface area (Å²) in [5.41, 5.74) is 4.11. The number of anilines is 2. The topological polar surface area (TPSA) is 39.7 Å². The Balaban J connectivity index is 1.78. The van der Waals surface area contributed by atoms with Gasteiger partial charge >= 0.3 is 0 Å². The van der Waals surface area contributed by atoms with E-state index < -0.39 is 0 Å². The molecule has 4 nitrogen and oxygen atoms in total. The number of aliphatic imine (C=N–C) groups is 1. The summed E-state index contributed by atoms with van der Waals surface area (Å²) in [7, 11) is 0. The van der Waals surface area contributed by atoms with Crippen molar-refractivity contribution in [1.82, 2.24) is 10.2 Å². The minimum Gasteiger partial charge on any atom is -0.354 e.